The van der Waals surface area contributed by atoms with Crippen molar-refractivity contribution >= 4 is 29.3 Å². The lowest BCUT2D eigenvalue weighted by Crippen LogP contribution is -2.14. The zero-order valence-electron chi connectivity index (χ0n) is 16.6. The molecular formula is C24H18ClFN2O3. The van der Waals surface area contributed by atoms with Gasteiger partial charge in [0.05, 0.1) is 12.8 Å². The van der Waals surface area contributed by atoms with Gasteiger partial charge in [-0.2, -0.15) is 5.26 Å². The summed E-state index contributed by atoms with van der Waals surface area (Å²) in [6.07, 6.45) is 1.39. The maximum atomic E-state index is 13.7. The van der Waals surface area contributed by atoms with Crippen LogP contribution in [-0.4, -0.2) is 13.0 Å². The normalized spacial score (nSPS) is 10.8. The smallest absolute Gasteiger partial charge is 0.266 e. The van der Waals surface area contributed by atoms with Gasteiger partial charge in [-0.25, -0.2) is 4.39 Å². The minimum Gasteiger partial charge on any atom is -0.493 e. The number of nitrogens with zero attached hydrogens (tertiary/aromatic N) is 1. The van der Waals surface area contributed by atoms with E-state index in [9.17, 15) is 14.4 Å². The number of ether oxygens (including phenoxy) is 2. The molecule has 0 bridgehead atoms. The Labute approximate surface area is 184 Å². The van der Waals surface area contributed by atoms with E-state index in [0.717, 1.165) is 5.56 Å². The summed E-state index contributed by atoms with van der Waals surface area (Å²) in [6, 6.07) is 19.9. The molecule has 0 spiro atoms. The molecule has 0 saturated carbocycles. The van der Waals surface area contributed by atoms with Crippen LogP contribution < -0.4 is 14.8 Å². The number of hydrogen-bond acceptors (Lipinski definition) is 4. The van der Waals surface area contributed by atoms with Crippen molar-refractivity contribution in [3.8, 4) is 17.6 Å². The van der Waals surface area contributed by atoms with Crippen LogP contribution in [0.4, 0.5) is 10.1 Å². The fourth-order valence-corrected chi connectivity index (χ4v) is 2.83. The molecule has 0 aliphatic carbocycles. The van der Waals surface area contributed by atoms with E-state index in [1.54, 1.807) is 36.4 Å². The highest BCUT2D eigenvalue weighted by Crippen LogP contribution is 2.30. The van der Waals surface area contributed by atoms with Gasteiger partial charge in [-0.3, -0.25) is 4.79 Å². The Morgan fingerprint density at radius 2 is 1.87 bits per heavy atom. The van der Waals surface area contributed by atoms with Gasteiger partial charge in [-0.1, -0.05) is 41.9 Å². The third-order valence-corrected chi connectivity index (χ3v) is 4.55. The highest BCUT2D eigenvalue weighted by atomic mass is 35.5. The van der Waals surface area contributed by atoms with Gasteiger partial charge in [0, 0.05) is 5.02 Å². The first-order valence-electron chi connectivity index (χ1n) is 9.23. The lowest BCUT2D eigenvalue weighted by Gasteiger charge is -2.12. The summed E-state index contributed by atoms with van der Waals surface area (Å²) in [4.78, 5) is 12.4. The Kier molecular flexibility index (Phi) is 7.26. The van der Waals surface area contributed by atoms with Crippen molar-refractivity contribution < 1.29 is 18.7 Å². The molecule has 0 radical (unpaired) electrons. The van der Waals surface area contributed by atoms with E-state index in [4.69, 9.17) is 21.1 Å². The van der Waals surface area contributed by atoms with Gasteiger partial charge in [-0.15, -0.1) is 0 Å². The molecule has 0 aliphatic rings. The summed E-state index contributed by atoms with van der Waals surface area (Å²) in [7, 11) is 1.49. The van der Waals surface area contributed by atoms with E-state index in [1.807, 2.05) is 18.2 Å². The number of hydrogen-bond donors (Lipinski definition) is 1. The minimum absolute atomic E-state index is 0.00261. The van der Waals surface area contributed by atoms with Crippen molar-refractivity contribution in [3.05, 3.63) is 94.3 Å². The number of carbonyl (C=O) groups is 1. The van der Waals surface area contributed by atoms with E-state index in [-0.39, 0.29) is 11.3 Å². The van der Waals surface area contributed by atoms with E-state index in [0.29, 0.717) is 28.7 Å². The summed E-state index contributed by atoms with van der Waals surface area (Å²) < 4.78 is 24.9. The molecule has 31 heavy (non-hydrogen) atoms. The van der Waals surface area contributed by atoms with Gasteiger partial charge >= 0.3 is 0 Å². The summed E-state index contributed by atoms with van der Waals surface area (Å²) in [5.41, 5.74) is 1.31. The zero-order chi connectivity index (χ0) is 22.2. The SMILES string of the molecule is COc1cc(/C=C(\C#N)C(=O)Nc2ccccc2F)ccc1OCc1ccc(Cl)cc1. The average molecular weight is 437 g/mol. The molecule has 0 unspecified atom stereocenters. The molecule has 3 aromatic rings. The quantitative estimate of drug-likeness (QED) is 0.386. The Morgan fingerprint density at radius 3 is 2.55 bits per heavy atom. The van der Waals surface area contributed by atoms with Crippen molar-refractivity contribution in [1.82, 2.24) is 0 Å². The second-order valence-electron chi connectivity index (χ2n) is 6.43. The van der Waals surface area contributed by atoms with E-state index < -0.39 is 11.7 Å². The van der Waals surface area contributed by atoms with Crippen molar-refractivity contribution in [2.75, 3.05) is 12.4 Å². The summed E-state index contributed by atoms with van der Waals surface area (Å²) >= 11 is 5.89. The number of halogens is 2. The van der Waals surface area contributed by atoms with Gasteiger partial charge in [0.15, 0.2) is 11.5 Å². The Bertz CT molecular complexity index is 1150. The molecule has 5 nitrogen and oxygen atoms in total. The van der Waals surface area contributed by atoms with Gasteiger partial charge in [0.25, 0.3) is 5.91 Å². The molecule has 3 aromatic carbocycles. The molecule has 156 valence electrons. The number of amides is 1. The Balaban J connectivity index is 1.75. The van der Waals surface area contributed by atoms with E-state index in [2.05, 4.69) is 5.32 Å². The standard InChI is InChI=1S/C24H18ClFN2O3/c1-30-23-13-17(8-11-22(23)31-15-16-6-9-19(25)10-7-16)12-18(14-27)24(29)28-21-5-3-2-4-20(21)26/h2-13H,15H2,1H3,(H,28,29)/b18-12+. The predicted molar refractivity (Wildman–Crippen MR) is 117 cm³/mol. The van der Waals surface area contributed by atoms with Gasteiger partial charge < -0.3 is 14.8 Å². The van der Waals surface area contributed by atoms with Crippen LogP contribution in [0.3, 0.4) is 0 Å². The number of para-hydroxylation sites is 1. The number of methoxy groups -OCH3 is 1. The lowest BCUT2D eigenvalue weighted by atomic mass is 10.1. The Morgan fingerprint density at radius 1 is 1.13 bits per heavy atom. The van der Waals surface area contributed by atoms with Gasteiger partial charge in [0.1, 0.15) is 24.1 Å². The van der Waals surface area contributed by atoms with Crippen molar-refractivity contribution in [2.45, 2.75) is 6.61 Å². The van der Waals surface area contributed by atoms with E-state index in [1.165, 1.54) is 31.4 Å². The number of anilines is 1. The third-order valence-electron chi connectivity index (χ3n) is 4.29. The molecule has 0 fully saturated rings. The van der Waals surface area contributed by atoms with Crippen LogP contribution in [0.15, 0.2) is 72.3 Å². The van der Waals surface area contributed by atoms with Crippen molar-refractivity contribution in [1.29, 1.82) is 5.26 Å². The maximum Gasteiger partial charge on any atom is 0.266 e. The highest BCUT2D eigenvalue weighted by molar-refractivity contribution is 6.30. The third kappa shape index (κ3) is 5.84. The summed E-state index contributed by atoms with van der Waals surface area (Å²) in [5.74, 6) is -0.356. The number of nitriles is 1. The average Bonchev–Trinajstić information content (AvgIpc) is 2.78. The maximum absolute atomic E-state index is 13.7. The number of benzene rings is 3. The number of rotatable bonds is 7. The molecule has 3 rings (SSSR count). The van der Waals surface area contributed by atoms with Crippen molar-refractivity contribution in [2.24, 2.45) is 0 Å². The molecule has 0 atom stereocenters. The van der Waals surface area contributed by atoms with E-state index >= 15 is 0 Å². The minimum atomic E-state index is -0.713. The van der Waals surface area contributed by atoms with Crippen LogP contribution in [0.5, 0.6) is 11.5 Å². The number of nitrogens with one attached hydrogen (secondary N) is 1. The molecule has 7 heteroatoms. The second kappa shape index (κ2) is 10.3. The molecular weight excluding hydrogens is 419 g/mol. The molecule has 0 heterocycles. The van der Waals surface area contributed by atoms with Crippen LogP contribution in [0.25, 0.3) is 6.08 Å². The van der Waals surface area contributed by atoms with Gasteiger partial charge in [0.2, 0.25) is 0 Å². The molecule has 1 N–H and O–H groups in total. The summed E-state index contributed by atoms with van der Waals surface area (Å²) in [5, 5.41) is 12.4. The van der Waals surface area contributed by atoms with Crippen molar-refractivity contribution in [3.63, 3.8) is 0 Å². The predicted octanol–water partition coefficient (Wildman–Crippen LogP) is 5.61. The van der Waals surface area contributed by atoms with Crippen LogP contribution in [0.1, 0.15) is 11.1 Å². The molecule has 1 amide bonds. The first kappa shape index (κ1) is 21.9. The van der Waals surface area contributed by atoms with Crippen LogP contribution in [-0.2, 0) is 11.4 Å². The first-order valence-corrected chi connectivity index (χ1v) is 9.61. The second-order valence-corrected chi connectivity index (χ2v) is 6.87. The summed E-state index contributed by atoms with van der Waals surface area (Å²) in [6.45, 7) is 0.317. The highest BCUT2D eigenvalue weighted by Gasteiger charge is 2.13. The largest absolute Gasteiger partial charge is 0.493 e. The van der Waals surface area contributed by atoms with Gasteiger partial charge in [-0.05, 0) is 53.6 Å². The molecule has 0 aliphatic heterocycles. The lowest BCUT2D eigenvalue weighted by molar-refractivity contribution is -0.112. The zero-order valence-corrected chi connectivity index (χ0v) is 17.3. The molecule has 0 saturated heterocycles. The van der Waals surface area contributed by atoms with Crippen LogP contribution >= 0.6 is 11.6 Å². The first-order chi connectivity index (χ1) is 15.0. The topological polar surface area (TPSA) is 71.3 Å². The molecule has 0 aromatic heterocycles. The fraction of sp³-hybridized carbons (Fsp3) is 0.0833. The number of carbonyl (C=O) groups excluding carboxylic acids is 1. The monoisotopic (exact) mass is 436 g/mol. The van der Waals surface area contributed by atoms with Crippen LogP contribution in [0, 0.1) is 17.1 Å². The van der Waals surface area contributed by atoms with Crippen LogP contribution in [0.2, 0.25) is 5.02 Å². The fourth-order valence-electron chi connectivity index (χ4n) is 2.70. The Hall–Kier alpha value is -3.82.